The highest BCUT2D eigenvalue weighted by atomic mass is 32.2. The van der Waals surface area contributed by atoms with E-state index in [1.165, 1.54) is 29.3 Å². The SMILES string of the molecule is Cn1ncc2c(Sc3nccs3)c(C(=O)O)cnc21. The van der Waals surface area contributed by atoms with Crippen molar-refractivity contribution >= 4 is 40.1 Å². The van der Waals surface area contributed by atoms with Gasteiger partial charge in [0.05, 0.1) is 17.1 Å². The zero-order valence-electron chi connectivity index (χ0n) is 9.77. The number of hydrogen-bond donors (Lipinski definition) is 1. The highest BCUT2D eigenvalue weighted by Gasteiger charge is 2.18. The largest absolute Gasteiger partial charge is 0.478 e. The Balaban J connectivity index is 2.22. The topological polar surface area (TPSA) is 80.9 Å². The summed E-state index contributed by atoms with van der Waals surface area (Å²) >= 11 is 2.79. The van der Waals surface area contributed by atoms with Crippen molar-refractivity contribution in [2.24, 2.45) is 7.05 Å². The number of thiazole rings is 1. The van der Waals surface area contributed by atoms with Gasteiger partial charge in [-0.05, 0) is 0 Å². The molecule has 3 aromatic rings. The van der Waals surface area contributed by atoms with Crippen LogP contribution in [0.3, 0.4) is 0 Å². The fourth-order valence-corrected chi connectivity index (χ4v) is 3.45. The normalized spacial score (nSPS) is 11.0. The summed E-state index contributed by atoms with van der Waals surface area (Å²) in [5, 5.41) is 16.0. The molecule has 3 heterocycles. The third-order valence-corrected chi connectivity index (χ3v) is 4.57. The maximum Gasteiger partial charge on any atom is 0.338 e. The molecular formula is C11H8N4O2S2. The number of carbonyl (C=O) groups is 1. The molecule has 3 rings (SSSR count). The van der Waals surface area contributed by atoms with Crippen molar-refractivity contribution in [3.05, 3.63) is 29.5 Å². The van der Waals surface area contributed by atoms with Gasteiger partial charge >= 0.3 is 5.97 Å². The van der Waals surface area contributed by atoms with Crippen molar-refractivity contribution < 1.29 is 9.90 Å². The van der Waals surface area contributed by atoms with Crippen LogP contribution in [0, 0.1) is 0 Å². The highest BCUT2D eigenvalue weighted by molar-refractivity contribution is 8.01. The number of aromatic carboxylic acids is 1. The lowest BCUT2D eigenvalue weighted by molar-refractivity contribution is 0.0693. The van der Waals surface area contributed by atoms with E-state index in [1.54, 1.807) is 24.1 Å². The molecular weight excluding hydrogens is 284 g/mol. The summed E-state index contributed by atoms with van der Waals surface area (Å²) in [4.78, 5) is 20.2. The number of aromatic nitrogens is 4. The molecule has 0 amide bonds. The number of rotatable bonds is 3. The van der Waals surface area contributed by atoms with Gasteiger partial charge in [-0.2, -0.15) is 5.10 Å². The van der Waals surface area contributed by atoms with Crippen LogP contribution in [0.1, 0.15) is 10.4 Å². The van der Waals surface area contributed by atoms with Gasteiger partial charge in [0.25, 0.3) is 0 Å². The fraction of sp³-hybridized carbons (Fsp3) is 0.0909. The van der Waals surface area contributed by atoms with Crippen molar-refractivity contribution in [1.29, 1.82) is 0 Å². The Kier molecular flexibility index (Phi) is 2.96. The van der Waals surface area contributed by atoms with Crippen molar-refractivity contribution in [1.82, 2.24) is 19.7 Å². The molecule has 1 N–H and O–H groups in total. The van der Waals surface area contributed by atoms with Gasteiger partial charge in [-0.1, -0.05) is 11.8 Å². The van der Waals surface area contributed by atoms with Crippen LogP contribution >= 0.6 is 23.1 Å². The fourth-order valence-electron chi connectivity index (χ4n) is 1.68. The minimum Gasteiger partial charge on any atom is -0.478 e. The average molecular weight is 292 g/mol. The number of fused-ring (bicyclic) bond motifs is 1. The van der Waals surface area contributed by atoms with Gasteiger partial charge in [-0.25, -0.2) is 14.8 Å². The third-order valence-electron chi connectivity index (χ3n) is 2.54. The standard InChI is InChI=1S/C11H8N4O2S2/c1-15-9-6(5-14-15)8(7(4-13-9)10(16)17)19-11-12-2-3-18-11/h2-5H,1H3,(H,16,17). The van der Waals surface area contributed by atoms with E-state index in [1.807, 2.05) is 5.38 Å². The molecule has 0 aromatic carbocycles. The quantitative estimate of drug-likeness (QED) is 0.797. The first-order valence-corrected chi connectivity index (χ1v) is 6.98. The molecule has 0 radical (unpaired) electrons. The lowest BCUT2D eigenvalue weighted by Gasteiger charge is -2.05. The number of carboxylic acid groups (broad SMARTS) is 1. The van der Waals surface area contributed by atoms with Gasteiger partial charge in [0.15, 0.2) is 9.99 Å². The van der Waals surface area contributed by atoms with Crippen LogP contribution in [-0.2, 0) is 7.05 Å². The first kappa shape index (κ1) is 12.1. The molecule has 0 saturated heterocycles. The molecule has 8 heteroatoms. The maximum absolute atomic E-state index is 11.3. The molecule has 3 aromatic heterocycles. The Hall–Kier alpha value is -1.93. The Bertz CT molecular complexity index is 751. The third kappa shape index (κ3) is 2.08. The van der Waals surface area contributed by atoms with Gasteiger partial charge in [0.1, 0.15) is 0 Å². The minimum absolute atomic E-state index is 0.167. The first-order chi connectivity index (χ1) is 9.16. The van der Waals surface area contributed by atoms with E-state index in [-0.39, 0.29) is 5.56 Å². The molecule has 6 nitrogen and oxygen atoms in total. The van der Waals surface area contributed by atoms with Gasteiger partial charge in [-0.15, -0.1) is 11.3 Å². The second-order valence-electron chi connectivity index (χ2n) is 3.71. The predicted octanol–water partition coefficient (Wildman–Crippen LogP) is 2.27. The summed E-state index contributed by atoms with van der Waals surface area (Å²) in [7, 11) is 1.77. The maximum atomic E-state index is 11.3. The van der Waals surface area contributed by atoms with Crippen LogP contribution in [0.15, 0.2) is 33.2 Å². The molecule has 0 aliphatic rings. The van der Waals surface area contributed by atoms with Crippen molar-refractivity contribution in [3.63, 3.8) is 0 Å². The van der Waals surface area contributed by atoms with Crippen LogP contribution in [-0.4, -0.2) is 30.8 Å². The number of nitrogens with zero attached hydrogens (tertiary/aromatic N) is 4. The zero-order valence-corrected chi connectivity index (χ0v) is 11.4. The van der Waals surface area contributed by atoms with E-state index in [0.717, 1.165) is 9.73 Å². The lowest BCUT2D eigenvalue weighted by atomic mass is 10.2. The van der Waals surface area contributed by atoms with E-state index in [4.69, 9.17) is 0 Å². The monoisotopic (exact) mass is 292 g/mol. The van der Waals surface area contributed by atoms with Crippen molar-refractivity contribution in [2.45, 2.75) is 9.24 Å². The Morgan fingerprint density at radius 3 is 2.95 bits per heavy atom. The second kappa shape index (κ2) is 4.63. The van der Waals surface area contributed by atoms with Crippen LogP contribution < -0.4 is 0 Å². The summed E-state index contributed by atoms with van der Waals surface area (Å²) in [6.45, 7) is 0. The van der Waals surface area contributed by atoms with Gasteiger partial charge in [0, 0.05) is 29.7 Å². The summed E-state index contributed by atoms with van der Waals surface area (Å²) in [6.07, 6.45) is 4.68. The van der Waals surface area contributed by atoms with Crippen LogP contribution in [0.2, 0.25) is 0 Å². The molecule has 0 fully saturated rings. The first-order valence-electron chi connectivity index (χ1n) is 5.28. The van der Waals surface area contributed by atoms with Gasteiger partial charge < -0.3 is 5.11 Å². The minimum atomic E-state index is -1.00. The number of aryl methyl sites for hydroxylation is 1. The van der Waals surface area contributed by atoms with E-state index in [2.05, 4.69) is 15.1 Å². The van der Waals surface area contributed by atoms with Gasteiger partial charge in [0.2, 0.25) is 0 Å². The second-order valence-corrected chi connectivity index (χ2v) is 5.86. The summed E-state index contributed by atoms with van der Waals surface area (Å²) in [5.41, 5.74) is 0.824. The Morgan fingerprint density at radius 2 is 2.26 bits per heavy atom. The molecule has 0 aliphatic heterocycles. The smallest absolute Gasteiger partial charge is 0.338 e. The average Bonchev–Trinajstić information content (AvgIpc) is 3.00. The van der Waals surface area contributed by atoms with E-state index >= 15 is 0 Å². The molecule has 0 aliphatic carbocycles. The molecule has 96 valence electrons. The highest BCUT2D eigenvalue weighted by Crippen LogP contribution is 2.36. The molecule has 0 saturated carbocycles. The predicted molar refractivity (Wildman–Crippen MR) is 71.7 cm³/mol. The molecule has 0 spiro atoms. The van der Waals surface area contributed by atoms with Gasteiger partial charge in [-0.3, -0.25) is 4.68 Å². The Labute approximate surface area is 116 Å². The van der Waals surface area contributed by atoms with Crippen LogP contribution in [0.5, 0.6) is 0 Å². The molecule has 0 bridgehead atoms. The lowest BCUT2D eigenvalue weighted by Crippen LogP contribution is -2.01. The number of pyridine rings is 1. The summed E-state index contributed by atoms with van der Waals surface area (Å²) < 4.78 is 2.41. The van der Waals surface area contributed by atoms with Crippen LogP contribution in [0.4, 0.5) is 0 Å². The Morgan fingerprint density at radius 1 is 1.42 bits per heavy atom. The van der Waals surface area contributed by atoms with E-state index < -0.39 is 5.97 Å². The molecule has 19 heavy (non-hydrogen) atoms. The van der Waals surface area contributed by atoms with Crippen molar-refractivity contribution in [3.8, 4) is 0 Å². The summed E-state index contributed by atoms with van der Waals surface area (Å²) in [5.74, 6) is -1.00. The summed E-state index contributed by atoms with van der Waals surface area (Å²) in [6, 6.07) is 0. The van der Waals surface area contributed by atoms with Crippen molar-refractivity contribution in [2.75, 3.05) is 0 Å². The number of hydrogen-bond acceptors (Lipinski definition) is 6. The molecule has 0 unspecified atom stereocenters. The molecule has 0 atom stereocenters. The van der Waals surface area contributed by atoms with E-state index in [9.17, 15) is 9.90 Å². The van der Waals surface area contributed by atoms with E-state index in [0.29, 0.717) is 10.5 Å². The van der Waals surface area contributed by atoms with Crippen LogP contribution in [0.25, 0.3) is 11.0 Å². The number of carboxylic acids is 1. The zero-order chi connectivity index (χ0) is 13.4.